The minimum absolute atomic E-state index is 0.0654. The van der Waals surface area contributed by atoms with E-state index in [4.69, 9.17) is 21.1 Å². The van der Waals surface area contributed by atoms with Crippen molar-refractivity contribution in [2.24, 2.45) is 0 Å². The number of rotatable bonds is 13. The Bertz CT molecular complexity index is 1510. The summed E-state index contributed by atoms with van der Waals surface area (Å²) in [6, 6.07) is 14.7. The number of phenols is 1. The average Bonchev–Trinajstić information content (AvgIpc) is 3.01. The monoisotopic (exact) mass is 636 g/mol. The van der Waals surface area contributed by atoms with Crippen molar-refractivity contribution in [3.63, 3.8) is 0 Å². The van der Waals surface area contributed by atoms with Crippen molar-refractivity contribution < 1.29 is 29.0 Å². The summed E-state index contributed by atoms with van der Waals surface area (Å²) in [6.45, 7) is 5.99. The van der Waals surface area contributed by atoms with E-state index >= 15 is 0 Å². The van der Waals surface area contributed by atoms with E-state index in [2.05, 4.69) is 22.6 Å². The molecule has 0 spiro atoms. The van der Waals surface area contributed by atoms with Gasteiger partial charge in [0.25, 0.3) is 11.8 Å². The Labute approximate surface area is 269 Å². The molecule has 0 aromatic heterocycles. The zero-order valence-corrected chi connectivity index (χ0v) is 26.8. The van der Waals surface area contributed by atoms with Gasteiger partial charge in [-0.15, -0.1) is 0 Å². The molecule has 0 bridgehead atoms. The number of likely N-dealkylation sites (N-methyl/N-ethyl adjacent to an activating group) is 1. The van der Waals surface area contributed by atoms with Crippen molar-refractivity contribution >= 4 is 40.7 Å². The number of phenolic OH excluding ortho intramolecular Hbond substituents is 1. The molecular weight excluding hydrogens is 596 g/mol. The van der Waals surface area contributed by atoms with Crippen molar-refractivity contribution in [1.82, 2.24) is 9.80 Å². The molecule has 1 fully saturated rings. The molecule has 1 saturated heterocycles. The topological polar surface area (TPSA) is 120 Å². The third kappa shape index (κ3) is 9.68. The zero-order chi connectivity index (χ0) is 32.3. The van der Waals surface area contributed by atoms with E-state index in [1.54, 1.807) is 24.3 Å². The summed E-state index contributed by atoms with van der Waals surface area (Å²) in [5, 5.41) is 16.1. The van der Waals surface area contributed by atoms with Gasteiger partial charge < -0.3 is 35.0 Å². The molecule has 3 aromatic rings. The van der Waals surface area contributed by atoms with E-state index in [-0.39, 0.29) is 29.7 Å². The normalized spacial score (nSPS) is 13.4. The van der Waals surface area contributed by atoms with Crippen molar-refractivity contribution in [3.8, 4) is 11.5 Å². The summed E-state index contributed by atoms with van der Waals surface area (Å²) >= 11 is 5.88. The summed E-state index contributed by atoms with van der Waals surface area (Å²) in [5.41, 5.74) is 2.99. The van der Waals surface area contributed by atoms with Gasteiger partial charge in [-0.3, -0.25) is 14.4 Å². The van der Waals surface area contributed by atoms with E-state index in [0.29, 0.717) is 46.3 Å². The van der Waals surface area contributed by atoms with Gasteiger partial charge in [0.15, 0.2) is 0 Å². The summed E-state index contributed by atoms with van der Waals surface area (Å²) in [7, 11) is 3.59. The summed E-state index contributed by atoms with van der Waals surface area (Å²) in [4.78, 5) is 42.7. The molecule has 3 amide bonds. The maximum absolute atomic E-state index is 13.3. The van der Waals surface area contributed by atoms with Crippen LogP contribution in [0.3, 0.4) is 0 Å². The lowest BCUT2D eigenvalue weighted by molar-refractivity contribution is -0.132. The molecule has 0 unspecified atom stereocenters. The van der Waals surface area contributed by atoms with E-state index in [1.165, 1.54) is 25.3 Å². The summed E-state index contributed by atoms with van der Waals surface area (Å²) in [6.07, 6.45) is 3.02. The number of benzene rings is 3. The van der Waals surface area contributed by atoms with Crippen LogP contribution < -0.4 is 15.4 Å². The number of carbonyl (C=O) groups excluding carboxylic acids is 3. The quantitative estimate of drug-likeness (QED) is 0.205. The molecule has 0 saturated carbocycles. The molecule has 3 N–H and O–H groups in total. The number of halogens is 1. The van der Waals surface area contributed by atoms with Crippen LogP contribution in [0.2, 0.25) is 5.02 Å². The number of nitrogens with zero attached hydrogens (tertiary/aromatic N) is 2. The Morgan fingerprint density at radius 2 is 1.62 bits per heavy atom. The first-order valence-corrected chi connectivity index (χ1v) is 15.4. The van der Waals surface area contributed by atoms with E-state index < -0.39 is 5.91 Å². The number of aryl methyl sites for hydroxylation is 1. The fourth-order valence-electron chi connectivity index (χ4n) is 5.02. The molecule has 1 heterocycles. The Kier molecular flexibility index (Phi) is 12.2. The standard InChI is InChI=1S/C34H41ClN4O6/c1-23-8-12-29(31(19-23)45-18-6-4-5-7-32(41)39-16-14-38(2)15-17-39)37-33(42)24-9-13-28(25(20-24)22-44-3)36-34(43)27-11-10-26(35)21-30(27)40/h8-13,19-21,40H,4-7,14-18,22H2,1-3H3,(H,36,43)(H,37,42). The predicted molar refractivity (Wildman–Crippen MR) is 175 cm³/mol. The van der Waals surface area contributed by atoms with Crippen LogP contribution in [-0.4, -0.2) is 79.6 Å². The lowest BCUT2D eigenvalue weighted by Crippen LogP contribution is -2.47. The van der Waals surface area contributed by atoms with Crippen LogP contribution in [0.5, 0.6) is 11.5 Å². The first-order chi connectivity index (χ1) is 21.6. The lowest BCUT2D eigenvalue weighted by Gasteiger charge is -2.32. The second-order valence-electron chi connectivity index (χ2n) is 11.2. The van der Waals surface area contributed by atoms with Crippen LogP contribution in [-0.2, 0) is 16.1 Å². The first-order valence-electron chi connectivity index (χ1n) is 15.1. The Hall–Kier alpha value is -4.12. The molecule has 11 heteroatoms. The van der Waals surface area contributed by atoms with Crippen LogP contribution >= 0.6 is 11.6 Å². The molecule has 1 aliphatic rings. The number of ether oxygens (including phenoxy) is 2. The zero-order valence-electron chi connectivity index (χ0n) is 26.0. The second-order valence-corrected chi connectivity index (χ2v) is 11.7. The van der Waals surface area contributed by atoms with Crippen molar-refractivity contribution in [2.75, 3.05) is 57.6 Å². The lowest BCUT2D eigenvalue weighted by atomic mass is 10.1. The van der Waals surface area contributed by atoms with Gasteiger partial charge in [-0.05, 0) is 87.3 Å². The number of hydrogen-bond donors (Lipinski definition) is 3. The molecule has 3 aromatic carbocycles. The number of aromatic hydroxyl groups is 1. The van der Waals surface area contributed by atoms with Crippen LogP contribution in [0.25, 0.3) is 0 Å². The fourth-order valence-corrected chi connectivity index (χ4v) is 5.18. The predicted octanol–water partition coefficient (Wildman–Crippen LogP) is 5.72. The molecule has 4 rings (SSSR count). The molecule has 45 heavy (non-hydrogen) atoms. The maximum atomic E-state index is 13.3. The fraction of sp³-hybridized carbons (Fsp3) is 0.382. The van der Waals surface area contributed by atoms with Gasteiger partial charge in [0.1, 0.15) is 11.5 Å². The molecule has 1 aliphatic heterocycles. The minimum Gasteiger partial charge on any atom is -0.507 e. The van der Waals surface area contributed by atoms with E-state index in [1.807, 2.05) is 24.0 Å². The number of hydrogen-bond acceptors (Lipinski definition) is 7. The van der Waals surface area contributed by atoms with Crippen LogP contribution in [0.15, 0.2) is 54.6 Å². The third-order valence-electron chi connectivity index (χ3n) is 7.65. The highest BCUT2D eigenvalue weighted by Gasteiger charge is 2.19. The SMILES string of the molecule is COCc1cc(C(=O)Nc2ccc(C)cc2OCCCCCC(=O)N2CCN(C)CC2)ccc1NC(=O)c1ccc(Cl)cc1O. The van der Waals surface area contributed by atoms with Gasteiger partial charge in [-0.25, -0.2) is 0 Å². The largest absolute Gasteiger partial charge is 0.507 e. The van der Waals surface area contributed by atoms with Crippen molar-refractivity contribution in [2.45, 2.75) is 39.2 Å². The van der Waals surface area contributed by atoms with Gasteiger partial charge in [0.05, 0.1) is 24.5 Å². The van der Waals surface area contributed by atoms with Gasteiger partial charge in [-0.2, -0.15) is 0 Å². The van der Waals surface area contributed by atoms with Crippen LogP contribution in [0.4, 0.5) is 11.4 Å². The first kappa shape index (κ1) is 33.8. The number of methoxy groups -OCH3 is 1. The number of piperazine rings is 1. The van der Waals surface area contributed by atoms with Gasteiger partial charge in [0, 0.05) is 61.5 Å². The Morgan fingerprint density at radius 1 is 0.889 bits per heavy atom. The maximum Gasteiger partial charge on any atom is 0.259 e. The minimum atomic E-state index is -0.526. The molecule has 10 nitrogen and oxygen atoms in total. The Balaban J connectivity index is 1.33. The van der Waals surface area contributed by atoms with Crippen molar-refractivity contribution in [3.05, 3.63) is 81.9 Å². The highest BCUT2D eigenvalue weighted by Crippen LogP contribution is 2.28. The highest BCUT2D eigenvalue weighted by molar-refractivity contribution is 6.31. The number of carbonyl (C=O) groups is 3. The third-order valence-corrected chi connectivity index (χ3v) is 7.89. The number of anilines is 2. The second kappa shape index (κ2) is 16.3. The number of amides is 3. The smallest absolute Gasteiger partial charge is 0.259 e. The molecule has 240 valence electrons. The van der Waals surface area contributed by atoms with Crippen LogP contribution in [0, 0.1) is 6.92 Å². The van der Waals surface area contributed by atoms with Gasteiger partial charge in [0.2, 0.25) is 5.91 Å². The summed E-state index contributed by atoms with van der Waals surface area (Å²) in [5.74, 6) is -0.325. The van der Waals surface area contributed by atoms with E-state index in [9.17, 15) is 19.5 Å². The molecule has 0 atom stereocenters. The Morgan fingerprint density at radius 3 is 2.36 bits per heavy atom. The number of nitrogens with one attached hydrogen (secondary N) is 2. The molecule has 0 aliphatic carbocycles. The summed E-state index contributed by atoms with van der Waals surface area (Å²) < 4.78 is 11.4. The van der Waals surface area contributed by atoms with Crippen molar-refractivity contribution in [1.29, 1.82) is 0 Å². The van der Waals surface area contributed by atoms with Gasteiger partial charge >= 0.3 is 0 Å². The highest BCUT2D eigenvalue weighted by atomic mass is 35.5. The number of unbranched alkanes of at least 4 members (excludes halogenated alkanes) is 2. The molecule has 0 radical (unpaired) electrons. The average molecular weight is 637 g/mol. The van der Waals surface area contributed by atoms with Gasteiger partial charge in [-0.1, -0.05) is 17.7 Å². The van der Waals surface area contributed by atoms with Crippen LogP contribution in [0.1, 0.15) is 57.5 Å². The molecular formula is C34H41ClN4O6. The van der Waals surface area contributed by atoms with E-state index in [0.717, 1.165) is 51.0 Å².